The van der Waals surface area contributed by atoms with Gasteiger partial charge in [-0.05, 0) is 32.8 Å². The summed E-state index contributed by atoms with van der Waals surface area (Å²) in [5, 5.41) is 10.2. The number of hydrogen-bond acceptors (Lipinski definition) is 8. The molecule has 3 aromatic heterocycles. The van der Waals surface area contributed by atoms with Crippen LogP contribution in [0.5, 0.6) is 0 Å². The summed E-state index contributed by atoms with van der Waals surface area (Å²) in [6, 6.07) is 1.11. The molecule has 1 aliphatic carbocycles. The largest absolute Gasteiger partial charge is 0.364 e. The molecule has 2 aliphatic rings. The Kier molecular flexibility index (Phi) is 5.81. The zero-order valence-corrected chi connectivity index (χ0v) is 20.1. The van der Waals surface area contributed by atoms with Crippen LogP contribution in [-0.4, -0.2) is 65.4 Å². The maximum atomic E-state index is 13.5. The van der Waals surface area contributed by atoms with Crippen LogP contribution in [0.3, 0.4) is 0 Å². The molecule has 14 heteroatoms. The lowest BCUT2D eigenvalue weighted by molar-refractivity contribution is 0.150. The van der Waals surface area contributed by atoms with Crippen LogP contribution in [-0.2, 0) is 10.0 Å². The highest BCUT2D eigenvalue weighted by molar-refractivity contribution is 7.89. The molecule has 0 spiro atoms. The molecule has 0 aromatic carbocycles. The van der Waals surface area contributed by atoms with E-state index >= 15 is 0 Å². The highest BCUT2D eigenvalue weighted by Gasteiger charge is 2.41. The van der Waals surface area contributed by atoms with E-state index < -0.39 is 39.7 Å². The van der Waals surface area contributed by atoms with E-state index in [0.29, 0.717) is 35.6 Å². The molecular weight excluding hydrogens is 491 g/mol. The zero-order chi connectivity index (χ0) is 24.3. The number of nitrogens with zero attached hydrogens (tertiary/aromatic N) is 5. The molecule has 1 saturated carbocycles. The van der Waals surface area contributed by atoms with E-state index in [4.69, 9.17) is 0 Å². The molecule has 0 bridgehead atoms. The van der Waals surface area contributed by atoms with Gasteiger partial charge in [0.25, 0.3) is 6.43 Å². The van der Waals surface area contributed by atoms with E-state index in [0.717, 1.165) is 12.8 Å². The topological polar surface area (TPSA) is 105 Å². The van der Waals surface area contributed by atoms with Crippen molar-refractivity contribution < 1.29 is 21.6 Å². The number of sulfonamides is 1. The summed E-state index contributed by atoms with van der Waals surface area (Å²) in [7, 11) is -3.90. The lowest BCUT2D eigenvalue weighted by Gasteiger charge is -2.40. The molecule has 3 aromatic rings. The molecule has 1 saturated heterocycles. The molecule has 34 heavy (non-hydrogen) atoms. The fraction of sp³-hybridized carbons (Fsp3) is 0.550. The second-order valence-electron chi connectivity index (χ2n) is 9.07. The van der Waals surface area contributed by atoms with Crippen molar-refractivity contribution in [2.75, 3.05) is 24.7 Å². The van der Waals surface area contributed by atoms with Gasteiger partial charge in [0, 0.05) is 30.9 Å². The normalized spacial score (nSPS) is 22.6. The van der Waals surface area contributed by atoms with Crippen LogP contribution >= 0.6 is 11.3 Å². The molecule has 2 N–H and O–H groups in total. The van der Waals surface area contributed by atoms with Crippen LogP contribution in [0.2, 0.25) is 0 Å². The molecule has 2 atom stereocenters. The van der Waals surface area contributed by atoms with Gasteiger partial charge in [-0.3, -0.25) is 4.40 Å². The number of halogens is 3. The Labute approximate surface area is 198 Å². The lowest BCUT2D eigenvalue weighted by Crippen LogP contribution is -2.56. The van der Waals surface area contributed by atoms with Crippen molar-refractivity contribution in [1.29, 1.82) is 0 Å². The smallest absolute Gasteiger partial charge is 0.291 e. The van der Waals surface area contributed by atoms with Crippen LogP contribution in [0.4, 0.5) is 18.9 Å². The number of anilines is 1. The number of pyridine rings is 1. The van der Waals surface area contributed by atoms with Gasteiger partial charge in [-0.25, -0.2) is 31.3 Å². The van der Waals surface area contributed by atoms with Crippen LogP contribution in [0.25, 0.3) is 16.3 Å². The van der Waals surface area contributed by atoms with Crippen molar-refractivity contribution >= 4 is 32.6 Å². The molecular formula is C20H24F3N7O2S2. The number of imidazole rings is 1. The molecule has 5 rings (SSSR count). The minimum absolute atomic E-state index is 0.00324. The second kappa shape index (κ2) is 8.43. The van der Waals surface area contributed by atoms with Gasteiger partial charge in [0.15, 0.2) is 15.8 Å². The van der Waals surface area contributed by atoms with Crippen LogP contribution < -0.4 is 14.9 Å². The summed E-state index contributed by atoms with van der Waals surface area (Å²) >= 11 is 0.699. The summed E-state index contributed by atoms with van der Waals surface area (Å²) in [4.78, 5) is 6.31. The highest BCUT2D eigenvalue weighted by Crippen LogP contribution is 2.38. The first kappa shape index (κ1) is 23.5. The van der Waals surface area contributed by atoms with Gasteiger partial charge in [0.05, 0.1) is 23.4 Å². The summed E-state index contributed by atoms with van der Waals surface area (Å²) in [5.41, 5.74) is 0.638. The number of piperazine rings is 1. The van der Waals surface area contributed by atoms with E-state index in [1.807, 2.05) is 18.7 Å². The molecule has 0 unspecified atom stereocenters. The minimum atomic E-state index is -3.90. The predicted molar refractivity (Wildman–Crippen MR) is 122 cm³/mol. The summed E-state index contributed by atoms with van der Waals surface area (Å²) in [5.74, 6) is 0.208. The van der Waals surface area contributed by atoms with Crippen molar-refractivity contribution in [3.05, 3.63) is 23.5 Å². The molecule has 0 radical (unpaired) electrons. The predicted octanol–water partition coefficient (Wildman–Crippen LogP) is 2.76. The SMILES string of the molecule is C[C@H]1CN[C@H](CF)CN1c1cc(S(=O)(=O)NC2(C)CC2)cn2c(-c3nnc(C(F)F)s3)ncc12. The number of aromatic nitrogens is 4. The third-order valence-corrected chi connectivity index (χ3v) is 8.78. The van der Waals surface area contributed by atoms with E-state index in [2.05, 4.69) is 25.2 Å². The quantitative estimate of drug-likeness (QED) is 0.499. The van der Waals surface area contributed by atoms with E-state index in [-0.39, 0.29) is 21.8 Å². The first-order valence-corrected chi connectivity index (χ1v) is 13.1. The van der Waals surface area contributed by atoms with Gasteiger partial charge in [-0.15, -0.1) is 10.2 Å². The Hall–Kier alpha value is -2.29. The molecule has 1 aliphatic heterocycles. The van der Waals surface area contributed by atoms with Crippen LogP contribution in [0, 0.1) is 0 Å². The number of rotatable bonds is 7. The van der Waals surface area contributed by atoms with Crippen molar-refractivity contribution in [3.8, 4) is 10.8 Å². The molecule has 4 heterocycles. The third kappa shape index (κ3) is 4.27. The maximum Gasteiger partial charge on any atom is 0.291 e. The Bertz CT molecular complexity index is 1320. The first-order valence-electron chi connectivity index (χ1n) is 10.8. The van der Waals surface area contributed by atoms with E-state index in [9.17, 15) is 21.6 Å². The summed E-state index contributed by atoms with van der Waals surface area (Å²) in [6.07, 6.45) is 1.67. The van der Waals surface area contributed by atoms with Gasteiger partial charge in [0.2, 0.25) is 10.0 Å². The van der Waals surface area contributed by atoms with E-state index in [1.54, 1.807) is 12.3 Å². The number of fused-ring (bicyclic) bond motifs is 1. The average Bonchev–Trinajstić information content (AvgIpc) is 3.19. The average molecular weight is 516 g/mol. The molecule has 184 valence electrons. The Balaban J connectivity index is 1.67. The standard InChI is InChI=1S/C20H24F3N7O2S2/c1-11-7-24-12(6-21)9-29(11)14-5-13(34(31,32)28-20(2)3-4-20)10-30-15(14)8-25-17(30)19-27-26-18(33-19)16(22)23/h5,8,10-12,16,24,28H,3-4,6-7,9H2,1-2H3/t11-,12+/m0/s1. The summed E-state index contributed by atoms with van der Waals surface area (Å²) in [6.45, 7) is 4.08. The van der Waals surface area contributed by atoms with Gasteiger partial charge in [0.1, 0.15) is 11.6 Å². The van der Waals surface area contributed by atoms with Crippen molar-refractivity contribution in [2.24, 2.45) is 0 Å². The van der Waals surface area contributed by atoms with Crippen molar-refractivity contribution in [2.45, 2.75) is 55.6 Å². The monoisotopic (exact) mass is 515 g/mol. The fourth-order valence-corrected chi connectivity index (χ4v) is 6.22. The molecule has 2 fully saturated rings. The number of nitrogens with one attached hydrogen (secondary N) is 2. The minimum Gasteiger partial charge on any atom is -0.364 e. The summed E-state index contributed by atoms with van der Waals surface area (Å²) < 4.78 is 70.5. The highest BCUT2D eigenvalue weighted by atomic mass is 32.2. The molecule has 9 nitrogen and oxygen atoms in total. The fourth-order valence-electron chi connectivity index (χ4n) is 4.04. The third-order valence-electron chi connectivity index (χ3n) is 6.25. The van der Waals surface area contributed by atoms with Gasteiger partial charge in [-0.2, -0.15) is 0 Å². The zero-order valence-electron chi connectivity index (χ0n) is 18.5. The number of hydrogen-bond donors (Lipinski definition) is 2. The Morgan fingerprint density at radius 2 is 2.12 bits per heavy atom. The van der Waals surface area contributed by atoms with Gasteiger partial charge >= 0.3 is 0 Å². The first-order chi connectivity index (χ1) is 16.1. The Morgan fingerprint density at radius 3 is 2.76 bits per heavy atom. The Morgan fingerprint density at radius 1 is 1.35 bits per heavy atom. The van der Waals surface area contributed by atoms with Crippen LogP contribution in [0.15, 0.2) is 23.4 Å². The van der Waals surface area contributed by atoms with Crippen LogP contribution in [0.1, 0.15) is 38.1 Å². The van der Waals surface area contributed by atoms with Crippen molar-refractivity contribution in [3.63, 3.8) is 0 Å². The van der Waals surface area contributed by atoms with Gasteiger partial charge in [-0.1, -0.05) is 11.3 Å². The maximum absolute atomic E-state index is 13.5. The number of alkyl halides is 3. The van der Waals surface area contributed by atoms with E-state index in [1.165, 1.54) is 10.6 Å². The van der Waals surface area contributed by atoms with Gasteiger partial charge < -0.3 is 10.2 Å². The second-order valence-corrected chi connectivity index (χ2v) is 11.8. The lowest BCUT2D eigenvalue weighted by atomic mass is 10.1. The molecule has 0 amide bonds. The van der Waals surface area contributed by atoms with Crippen molar-refractivity contribution in [1.82, 2.24) is 29.6 Å².